The van der Waals surface area contributed by atoms with E-state index in [0.717, 1.165) is 42.3 Å². The van der Waals surface area contributed by atoms with Gasteiger partial charge in [-0.25, -0.2) is 13.7 Å². The molecule has 10 nitrogen and oxygen atoms in total. The molecule has 0 radical (unpaired) electrons. The van der Waals surface area contributed by atoms with Crippen LogP contribution in [-0.4, -0.2) is 63.9 Å². The molecule has 12 heteroatoms. The Kier molecular flexibility index (Phi) is 8.81. The summed E-state index contributed by atoms with van der Waals surface area (Å²) in [6.07, 6.45) is 4.40. The van der Waals surface area contributed by atoms with Gasteiger partial charge in [0, 0.05) is 56.1 Å². The highest BCUT2D eigenvalue weighted by Crippen LogP contribution is 2.45. The molecule has 1 aromatic carbocycles. The first-order valence-corrected chi connectivity index (χ1v) is 15.0. The molecule has 0 N–H and O–H groups in total. The van der Waals surface area contributed by atoms with E-state index in [1.54, 1.807) is 57.8 Å². The van der Waals surface area contributed by atoms with Gasteiger partial charge in [-0.2, -0.15) is 14.6 Å². The molecule has 1 saturated carbocycles. The number of ether oxygens (including phenoxy) is 4. The van der Waals surface area contributed by atoms with Gasteiger partial charge in [0.15, 0.2) is 11.6 Å². The van der Waals surface area contributed by atoms with E-state index in [-0.39, 0.29) is 18.9 Å². The molecular formula is C33H41F2N5O5. The third-order valence-corrected chi connectivity index (χ3v) is 8.39. The number of rotatable bonds is 10. The Bertz CT molecular complexity index is 1720. The van der Waals surface area contributed by atoms with Crippen molar-refractivity contribution in [2.75, 3.05) is 27.9 Å². The van der Waals surface area contributed by atoms with Crippen molar-refractivity contribution in [2.24, 2.45) is 7.05 Å². The Labute approximate surface area is 261 Å². The first-order valence-electron chi connectivity index (χ1n) is 15.0. The Morgan fingerprint density at radius 3 is 2.51 bits per heavy atom. The summed E-state index contributed by atoms with van der Waals surface area (Å²) in [5.74, 6) is -1.94. The maximum absolute atomic E-state index is 15.4. The predicted molar refractivity (Wildman–Crippen MR) is 164 cm³/mol. The number of hydrogen-bond donors (Lipinski definition) is 0. The van der Waals surface area contributed by atoms with Crippen molar-refractivity contribution in [3.05, 3.63) is 64.6 Å². The van der Waals surface area contributed by atoms with E-state index in [1.807, 2.05) is 18.7 Å². The SMILES string of the molecule is COc1cc(-c2ccc(F)c(F)c2OCCc2c(C3(OC)CCC3)nn(C)c2C)cc2c(CN(C)C(=O)OC(C)(C)C)cnn12. The summed E-state index contributed by atoms with van der Waals surface area (Å²) in [6.45, 7) is 7.66. The second-order valence-corrected chi connectivity index (χ2v) is 12.5. The highest BCUT2D eigenvalue weighted by Gasteiger charge is 2.43. The van der Waals surface area contributed by atoms with E-state index < -0.39 is 28.9 Å². The molecule has 0 spiro atoms. The van der Waals surface area contributed by atoms with Crippen LogP contribution in [0.5, 0.6) is 11.6 Å². The summed E-state index contributed by atoms with van der Waals surface area (Å²) >= 11 is 0. The first kappa shape index (κ1) is 32.2. The first-order chi connectivity index (χ1) is 21.3. The van der Waals surface area contributed by atoms with E-state index in [2.05, 4.69) is 5.10 Å². The number of pyridine rings is 1. The quantitative estimate of drug-likeness (QED) is 0.203. The number of benzene rings is 1. The number of aryl methyl sites for hydroxylation is 1. The summed E-state index contributed by atoms with van der Waals surface area (Å²) in [5.41, 5.74) is 3.95. The largest absolute Gasteiger partial charge is 0.489 e. The lowest BCUT2D eigenvalue weighted by Gasteiger charge is -2.39. The fourth-order valence-corrected chi connectivity index (χ4v) is 5.70. The van der Waals surface area contributed by atoms with Crippen LogP contribution in [0.2, 0.25) is 0 Å². The predicted octanol–water partition coefficient (Wildman–Crippen LogP) is 6.34. The van der Waals surface area contributed by atoms with Gasteiger partial charge in [0.1, 0.15) is 11.2 Å². The minimum atomic E-state index is -1.08. The number of aromatic nitrogens is 4. The Hall–Kier alpha value is -4.19. The molecule has 1 fully saturated rings. The maximum Gasteiger partial charge on any atom is 0.410 e. The molecule has 0 aliphatic heterocycles. The van der Waals surface area contributed by atoms with E-state index in [4.69, 9.17) is 24.0 Å². The fourth-order valence-electron chi connectivity index (χ4n) is 5.70. The summed E-state index contributed by atoms with van der Waals surface area (Å²) < 4.78 is 56.4. The van der Waals surface area contributed by atoms with Crippen LogP contribution in [0.1, 0.15) is 62.5 Å². The van der Waals surface area contributed by atoms with Crippen molar-refractivity contribution in [1.29, 1.82) is 0 Å². The van der Waals surface area contributed by atoms with Crippen molar-refractivity contribution < 1.29 is 32.5 Å². The van der Waals surface area contributed by atoms with Crippen LogP contribution in [-0.2, 0) is 35.1 Å². The molecule has 3 aromatic heterocycles. The summed E-state index contributed by atoms with van der Waals surface area (Å²) in [5, 5.41) is 9.18. The van der Waals surface area contributed by atoms with Crippen molar-refractivity contribution in [2.45, 2.75) is 71.1 Å². The van der Waals surface area contributed by atoms with Crippen LogP contribution in [0, 0.1) is 18.6 Å². The van der Waals surface area contributed by atoms with Gasteiger partial charge >= 0.3 is 6.09 Å². The van der Waals surface area contributed by atoms with Crippen LogP contribution < -0.4 is 9.47 Å². The van der Waals surface area contributed by atoms with Crippen LogP contribution in [0.4, 0.5) is 13.6 Å². The van der Waals surface area contributed by atoms with E-state index >= 15 is 4.39 Å². The molecule has 45 heavy (non-hydrogen) atoms. The molecule has 4 aromatic rings. The monoisotopic (exact) mass is 625 g/mol. The minimum absolute atomic E-state index is 0.0880. The smallest absolute Gasteiger partial charge is 0.410 e. The average molecular weight is 626 g/mol. The second-order valence-electron chi connectivity index (χ2n) is 12.5. The lowest BCUT2D eigenvalue weighted by Crippen LogP contribution is -2.37. The molecule has 0 bridgehead atoms. The number of nitrogens with zero attached hydrogens (tertiary/aromatic N) is 5. The van der Waals surface area contributed by atoms with Crippen molar-refractivity contribution in [3.8, 4) is 22.8 Å². The number of carbonyl (C=O) groups is 1. The van der Waals surface area contributed by atoms with Gasteiger partial charge in [-0.15, -0.1) is 0 Å². The zero-order valence-corrected chi connectivity index (χ0v) is 27.2. The highest BCUT2D eigenvalue weighted by atomic mass is 19.2. The van der Waals surface area contributed by atoms with E-state index in [0.29, 0.717) is 34.5 Å². The number of hydrogen-bond acceptors (Lipinski definition) is 7. The van der Waals surface area contributed by atoms with Crippen molar-refractivity contribution >= 4 is 11.6 Å². The Balaban J connectivity index is 1.46. The van der Waals surface area contributed by atoms with Crippen molar-refractivity contribution in [1.82, 2.24) is 24.3 Å². The lowest BCUT2D eigenvalue weighted by atomic mass is 9.76. The number of methoxy groups -OCH3 is 2. The highest BCUT2D eigenvalue weighted by molar-refractivity contribution is 5.77. The van der Waals surface area contributed by atoms with E-state index in [9.17, 15) is 9.18 Å². The van der Waals surface area contributed by atoms with Gasteiger partial charge in [0.2, 0.25) is 11.7 Å². The third kappa shape index (κ3) is 6.20. The van der Waals surface area contributed by atoms with E-state index in [1.165, 1.54) is 18.1 Å². The van der Waals surface area contributed by atoms with Gasteiger partial charge in [-0.1, -0.05) is 0 Å². The number of amides is 1. The fraction of sp³-hybridized carbons (Fsp3) is 0.485. The molecule has 0 atom stereocenters. The molecule has 0 saturated heterocycles. The van der Waals surface area contributed by atoms with Gasteiger partial charge in [-0.3, -0.25) is 4.68 Å². The molecule has 242 valence electrons. The third-order valence-electron chi connectivity index (χ3n) is 8.39. The topological polar surface area (TPSA) is 92.3 Å². The second kappa shape index (κ2) is 12.3. The Morgan fingerprint density at radius 1 is 1.16 bits per heavy atom. The van der Waals surface area contributed by atoms with Gasteiger partial charge in [0.25, 0.3) is 0 Å². The van der Waals surface area contributed by atoms with Crippen LogP contribution in [0.3, 0.4) is 0 Å². The number of carbonyl (C=O) groups excluding carboxylic acids is 1. The molecular weight excluding hydrogens is 584 g/mol. The standard InChI is InChI=1S/C33H41F2N5O5/c1-20-23(30(37-39(20)6)33(43-8)13-9-14-33)12-15-44-29-24(10-11-25(34)28(29)35)21-16-26-22(18-36-40(26)27(17-21)42-7)19-38(5)31(41)45-32(2,3)4/h10-11,16-18H,9,12-15,19H2,1-8H3. The molecule has 1 amide bonds. The Morgan fingerprint density at radius 2 is 1.89 bits per heavy atom. The zero-order valence-electron chi connectivity index (χ0n) is 27.2. The van der Waals surface area contributed by atoms with Gasteiger partial charge in [-0.05, 0) is 70.7 Å². The van der Waals surface area contributed by atoms with Crippen molar-refractivity contribution in [3.63, 3.8) is 0 Å². The normalized spacial score (nSPS) is 14.4. The average Bonchev–Trinajstić information content (AvgIpc) is 3.49. The van der Waals surface area contributed by atoms with Gasteiger partial charge < -0.3 is 23.8 Å². The van der Waals surface area contributed by atoms with Crippen LogP contribution in [0.15, 0.2) is 30.5 Å². The van der Waals surface area contributed by atoms with Crippen LogP contribution in [0.25, 0.3) is 16.6 Å². The summed E-state index contributed by atoms with van der Waals surface area (Å²) in [7, 11) is 6.71. The molecule has 3 heterocycles. The van der Waals surface area contributed by atoms with Crippen LogP contribution >= 0.6 is 0 Å². The molecule has 1 aliphatic rings. The maximum atomic E-state index is 15.4. The summed E-state index contributed by atoms with van der Waals surface area (Å²) in [4.78, 5) is 14.1. The number of fused-ring (bicyclic) bond motifs is 1. The molecule has 0 unspecified atom stereocenters. The number of halogens is 2. The molecule has 1 aliphatic carbocycles. The lowest BCUT2D eigenvalue weighted by molar-refractivity contribution is -0.0820. The summed E-state index contributed by atoms with van der Waals surface area (Å²) in [6, 6.07) is 6.03. The zero-order chi connectivity index (χ0) is 32.7. The van der Waals surface area contributed by atoms with Gasteiger partial charge in [0.05, 0.1) is 37.7 Å². The molecule has 5 rings (SSSR count). The minimum Gasteiger partial charge on any atom is -0.489 e.